The molecule has 2 aliphatic rings. The maximum absolute atomic E-state index is 13.3. The summed E-state index contributed by atoms with van der Waals surface area (Å²) in [5.74, 6) is 1.42. The first-order valence-corrected chi connectivity index (χ1v) is 10.8. The van der Waals surface area contributed by atoms with Crippen LogP contribution < -0.4 is 10.1 Å². The number of carbonyl (C=O) groups excluding carboxylic acids is 2. The smallest absolute Gasteiger partial charge is 0.242 e. The highest BCUT2D eigenvalue weighted by atomic mass is 16.5. The fourth-order valence-electron chi connectivity index (χ4n) is 4.52. The number of amides is 2. The van der Waals surface area contributed by atoms with Gasteiger partial charge in [-0.1, -0.05) is 33.6 Å². The van der Waals surface area contributed by atoms with Gasteiger partial charge in [0.2, 0.25) is 11.8 Å². The van der Waals surface area contributed by atoms with Crippen molar-refractivity contribution in [2.75, 3.05) is 38.6 Å². The molecule has 1 aliphatic heterocycles. The first kappa shape index (κ1) is 21.6. The standard InChI is InChI=1S/C23H35N3O3/c1-23(2,3)22(28)26-15-13-25(14-16-26)20(17-7-5-6-8-17)21(27)24-18-9-11-19(29-4)12-10-18/h9-12,17,20H,5-8,13-16H2,1-4H3,(H,24,27). The summed E-state index contributed by atoms with van der Waals surface area (Å²) in [6.07, 6.45) is 4.59. The van der Waals surface area contributed by atoms with E-state index < -0.39 is 0 Å². The first-order chi connectivity index (χ1) is 13.8. The Kier molecular flexibility index (Phi) is 6.83. The second-order valence-electron chi connectivity index (χ2n) is 9.29. The molecule has 1 saturated heterocycles. The minimum absolute atomic E-state index is 0.0673. The third-order valence-electron chi connectivity index (χ3n) is 6.11. The van der Waals surface area contributed by atoms with Gasteiger partial charge in [-0.05, 0) is 43.0 Å². The van der Waals surface area contributed by atoms with Crippen LogP contribution in [0.4, 0.5) is 5.69 Å². The lowest BCUT2D eigenvalue weighted by Gasteiger charge is -2.42. The van der Waals surface area contributed by atoms with E-state index in [0.717, 1.165) is 37.4 Å². The van der Waals surface area contributed by atoms with E-state index in [1.807, 2.05) is 49.9 Å². The Balaban J connectivity index is 1.67. The quantitative estimate of drug-likeness (QED) is 0.822. The van der Waals surface area contributed by atoms with E-state index in [0.29, 0.717) is 19.0 Å². The summed E-state index contributed by atoms with van der Waals surface area (Å²) in [6, 6.07) is 7.34. The SMILES string of the molecule is COc1ccc(NC(=O)C(C2CCCC2)N2CCN(C(=O)C(C)(C)C)CC2)cc1. The predicted molar refractivity (Wildman–Crippen MR) is 115 cm³/mol. The number of nitrogens with zero attached hydrogens (tertiary/aromatic N) is 2. The molecule has 160 valence electrons. The molecule has 0 bridgehead atoms. The molecule has 1 heterocycles. The molecule has 1 N–H and O–H groups in total. The Morgan fingerprint density at radius 2 is 1.62 bits per heavy atom. The number of hydrogen-bond donors (Lipinski definition) is 1. The normalized spacial score (nSPS) is 19.8. The van der Waals surface area contributed by atoms with Crippen LogP contribution in [0.2, 0.25) is 0 Å². The monoisotopic (exact) mass is 401 g/mol. The molecule has 1 aromatic carbocycles. The van der Waals surface area contributed by atoms with Crippen LogP contribution in [0.3, 0.4) is 0 Å². The number of nitrogens with one attached hydrogen (secondary N) is 1. The third kappa shape index (κ3) is 5.30. The lowest BCUT2D eigenvalue weighted by atomic mass is 9.93. The molecule has 0 aromatic heterocycles. The highest BCUT2D eigenvalue weighted by Crippen LogP contribution is 2.32. The number of rotatable bonds is 5. The highest BCUT2D eigenvalue weighted by Gasteiger charge is 2.38. The summed E-state index contributed by atoms with van der Waals surface area (Å²) < 4.78 is 5.20. The summed E-state index contributed by atoms with van der Waals surface area (Å²) in [7, 11) is 1.63. The number of piperazine rings is 1. The van der Waals surface area contributed by atoms with Crippen LogP contribution in [-0.2, 0) is 9.59 Å². The summed E-state index contributed by atoms with van der Waals surface area (Å²) in [5, 5.41) is 3.11. The van der Waals surface area contributed by atoms with Crippen LogP contribution in [0.25, 0.3) is 0 Å². The minimum Gasteiger partial charge on any atom is -0.497 e. The van der Waals surface area contributed by atoms with E-state index in [1.165, 1.54) is 12.8 Å². The molecule has 1 unspecified atom stereocenters. The van der Waals surface area contributed by atoms with E-state index in [4.69, 9.17) is 4.74 Å². The number of hydrogen-bond acceptors (Lipinski definition) is 4. The Morgan fingerprint density at radius 1 is 1.03 bits per heavy atom. The molecular formula is C23H35N3O3. The summed E-state index contributed by atoms with van der Waals surface area (Å²) in [4.78, 5) is 30.1. The Labute approximate surface area is 174 Å². The fourth-order valence-corrected chi connectivity index (χ4v) is 4.52. The first-order valence-electron chi connectivity index (χ1n) is 10.8. The number of ether oxygens (including phenoxy) is 1. The van der Waals surface area contributed by atoms with Crippen LogP contribution in [0.1, 0.15) is 46.5 Å². The molecule has 1 atom stereocenters. The molecule has 1 saturated carbocycles. The van der Waals surface area contributed by atoms with Crippen molar-refractivity contribution in [2.45, 2.75) is 52.5 Å². The zero-order valence-electron chi connectivity index (χ0n) is 18.2. The average Bonchev–Trinajstić information content (AvgIpc) is 3.22. The van der Waals surface area contributed by atoms with Crippen LogP contribution in [-0.4, -0.2) is 60.9 Å². The second kappa shape index (κ2) is 9.16. The van der Waals surface area contributed by atoms with Gasteiger partial charge in [0.15, 0.2) is 0 Å². The van der Waals surface area contributed by atoms with Gasteiger partial charge < -0.3 is 15.0 Å². The van der Waals surface area contributed by atoms with Crippen molar-refractivity contribution in [2.24, 2.45) is 11.3 Å². The molecule has 29 heavy (non-hydrogen) atoms. The molecule has 6 nitrogen and oxygen atoms in total. The molecule has 1 aliphatic carbocycles. The number of methoxy groups -OCH3 is 1. The van der Waals surface area contributed by atoms with Gasteiger partial charge in [-0.15, -0.1) is 0 Å². The largest absolute Gasteiger partial charge is 0.497 e. The molecule has 1 aromatic rings. The van der Waals surface area contributed by atoms with Crippen molar-refractivity contribution < 1.29 is 14.3 Å². The number of benzene rings is 1. The van der Waals surface area contributed by atoms with Gasteiger partial charge in [-0.2, -0.15) is 0 Å². The molecule has 6 heteroatoms. The topological polar surface area (TPSA) is 61.9 Å². The van der Waals surface area contributed by atoms with Crippen molar-refractivity contribution in [3.8, 4) is 5.75 Å². The summed E-state index contributed by atoms with van der Waals surface area (Å²) >= 11 is 0. The molecule has 0 spiro atoms. The van der Waals surface area contributed by atoms with E-state index in [-0.39, 0.29) is 23.3 Å². The number of carbonyl (C=O) groups is 2. The van der Waals surface area contributed by atoms with Gasteiger partial charge in [0.05, 0.1) is 13.2 Å². The zero-order chi connectivity index (χ0) is 21.0. The van der Waals surface area contributed by atoms with E-state index in [1.54, 1.807) is 7.11 Å². The average molecular weight is 402 g/mol. The maximum atomic E-state index is 13.3. The third-order valence-corrected chi connectivity index (χ3v) is 6.11. The molecular weight excluding hydrogens is 366 g/mol. The number of anilines is 1. The summed E-state index contributed by atoms with van der Waals surface area (Å²) in [6.45, 7) is 8.77. The molecule has 2 fully saturated rings. The summed E-state index contributed by atoms with van der Waals surface area (Å²) in [5.41, 5.74) is 0.430. The maximum Gasteiger partial charge on any atom is 0.242 e. The van der Waals surface area contributed by atoms with Gasteiger partial charge >= 0.3 is 0 Å². The van der Waals surface area contributed by atoms with E-state index in [2.05, 4.69) is 10.2 Å². The minimum atomic E-state index is -0.362. The Bertz CT molecular complexity index is 697. The van der Waals surface area contributed by atoms with Gasteiger partial charge in [-0.3, -0.25) is 14.5 Å². The lowest BCUT2D eigenvalue weighted by molar-refractivity contribution is -0.142. The van der Waals surface area contributed by atoms with Crippen LogP contribution >= 0.6 is 0 Å². The second-order valence-corrected chi connectivity index (χ2v) is 9.29. The van der Waals surface area contributed by atoms with Crippen LogP contribution in [0, 0.1) is 11.3 Å². The molecule has 2 amide bonds. The lowest BCUT2D eigenvalue weighted by Crippen LogP contribution is -2.58. The van der Waals surface area contributed by atoms with Crippen LogP contribution in [0.15, 0.2) is 24.3 Å². The van der Waals surface area contributed by atoms with Crippen molar-refractivity contribution in [3.63, 3.8) is 0 Å². The van der Waals surface area contributed by atoms with Gasteiger partial charge in [0.1, 0.15) is 5.75 Å². The van der Waals surface area contributed by atoms with Gasteiger partial charge in [-0.25, -0.2) is 0 Å². The molecule has 3 rings (SSSR count). The van der Waals surface area contributed by atoms with E-state index in [9.17, 15) is 9.59 Å². The van der Waals surface area contributed by atoms with E-state index >= 15 is 0 Å². The fraction of sp³-hybridized carbons (Fsp3) is 0.652. The Morgan fingerprint density at radius 3 is 2.14 bits per heavy atom. The van der Waals surface area contributed by atoms with Crippen LogP contribution in [0.5, 0.6) is 5.75 Å². The highest BCUT2D eigenvalue weighted by molar-refractivity contribution is 5.95. The van der Waals surface area contributed by atoms with Crippen molar-refractivity contribution in [1.29, 1.82) is 0 Å². The Hall–Kier alpha value is -2.08. The van der Waals surface area contributed by atoms with Gasteiger partial charge in [0.25, 0.3) is 0 Å². The van der Waals surface area contributed by atoms with Gasteiger partial charge in [0, 0.05) is 37.3 Å². The van der Waals surface area contributed by atoms with Crippen molar-refractivity contribution >= 4 is 17.5 Å². The van der Waals surface area contributed by atoms with Crippen molar-refractivity contribution in [3.05, 3.63) is 24.3 Å². The zero-order valence-corrected chi connectivity index (χ0v) is 18.2. The predicted octanol–water partition coefficient (Wildman–Crippen LogP) is 3.38. The molecule has 0 radical (unpaired) electrons. The van der Waals surface area contributed by atoms with Crippen molar-refractivity contribution in [1.82, 2.24) is 9.80 Å².